The van der Waals surface area contributed by atoms with Gasteiger partial charge in [0.2, 0.25) is 11.8 Å². The summed E-state index contributed by atoms with van der Waals surface area (Å²) in [5.41, 5.74) is 0. The molecule has 1 aromatic rings. The Balaban J connectivity index is 2.68. The first-order valence-electron chi connectivity index (χ1n) is 4.80. The molecule has 0 aliphatic heterocycles. The van der Waals surface area contributed by atoms with Crippen LogP contribution in [0.2, 0.25) is 0 Å². The Bertz CT molecular complexity index is 259. The average Bonchev–Trinajstić information content (AvgIpc) is 2.01. The SMILES string of the molecule is CC(C)Oc1[c]ccc(OC(C)C)n1. The lowest BCUT2D eigenvalue weighted by atomic mass is 10.4. The van der Waals surface area contributed by atoms with Crippen LogP contribution in [0.1, 0.15) is 27.7 Å². The molecule has 0 aliphatic carbocycles. The molecular formula is C11H16NO2. The molecule has 1 aromatic heterocycles. The van der Waals surface area contributed by atoms with Crippen molar-refractivity contribution in [3.05, 3.63) is 18.2 Å². The smallest absolute Gasteiger partial charge is 0.225 e. The highest BCUT2D eigenvalue weighted by atomic mass is 16.5. The van der Waals surface area contributed by atoms with Crippen LogP contribution in [0.3, 0.4) is 0 Å². The summed E-state index contributed by atoms with van der Waals surface area (Å²) >= 11 is 0. The van der Waals surface area contributed by atoms with E-state index in [1.54, 1.807) is 12.1 Å². The zero-order chi connectivity index (χ0) is 10.6. The highest BCUT2D eigenvalue weighted by Gasteiger charge is 2.03. The molecule has 0 aromatic carbocycles. The van der Waals surface area contributed by atoms with Gasteiger partial charge in [0.25, 0.3) is 0 Å². The third-order valence-corrected chi connectivity index (χ3v) is 1.35. The Morgan fingerprint density at radius 3 is 2.36 bits per heavy atom. The minimum absolute atomic E-state index is 0.105. The Morgan fingerprint density at radius 2 is 1.79 bits per heavy atom. The second-order valence-corrected chi connectivity index (χ2v) is 3.57. The monoisotopic (exact) mass is 194 g/mol. The molecule has 0 fully saturated rings. The topological polar surface area (TPSA) is 31.4 Å². The van der Waals surface area contributed by atoms with Crippen LogP contribution in [0.25, 0.3) is 0 Å². The van der Waals surface area contributed by atoms with Gasteiger partial charge in [0.15, 0.2) is 0 Å². The fourth-order valence-corrected chi connectivity index (χ4v) is 0.945. The molecule has 77 valence electrons. The van der Waals surface area contributed by atoms with Gasteiger partial charge < -0.3 is 9.47 Å². The van der Waals surface area contributed by atoms with E-state index in [1.807, 2.05) is 27.7 Å². The Labute approximate surface area is 85.1 Å². The number of hydrogen-bond acceptors (Lipinski definition) is 3. The van der Waals surface area contributed by atoms with Crippen molar-refractivity contribution in [3.8, 4) is 11.8 Å². The minimum atomic E-state index is 0.105. The summed E-state index contributed by atoms with van der Waals surface area (Å²) in [6.45, 7) is 7.82. The van der Waals surface area contributed by atoms with Gasteiger partial charge in [-0.15, -0.1) is 0 Å². The average molecular weight is 194 g/mol. The normalized spacial score (nSPS) is 10.7. The summed E-state index contributed by atoms with van der Waals surface area (Å²) in [5, 5.41) is 0. The van der Waals surface area contributed by atoms with Gasteiger partial charge in [0.1, 0.15) is 0 Å². The van der Waals surface area contributed by atoms with Crippen LogP contribution in [0.15, 0.2) is 12.1 Å². The van der Waals surface area contributed by atoms with E-state index in [9.17, 15) is 0 Å². The molecule has 3 heteroatoms. The zero-order valence-electron chi connectivity index (χ0n) is 9.07. The maximum Gasteiger partial charge on any atom is 0.225 e. The van der Waals surface area contributed by atoms with Crippen LogP contribution in [-0.2, 0) is 0 Å². The lowest BCUT2D eigenvalue weighted by molar-refractivity contribution is 0.210. The van der Waals surface area contributed by atoms with Crippen LogP contribution in [0.5, 0.6) is 11.8 Å². The molecule has 1 rings (SSSR count). The molecule has 0 saturated heterocycles. The highest BCUT2D eigenvalue weighted by molar-refractivity contribution is 5.18. The quantitative estimate of drug-likeness (QED) is 0.737. The summed E-state index contributed by atoms with van der Waals surface area (Å²) < 4.78 is 10.8. The Kier molecular flexibility index (Phi) is 3.74. The van der Waals surface area contributed by atoms with Crippen LogP contribution in [0.4, 0.5) is 0 Å². The molecule has 3 nitrogen and oxygen atoms in total. The Morgan fingerprint density at radius 1 is 1.14 bits per heavy atom. The van der Waals surface area contributed by atoms with Crippen molar-refractivity contribution in [1.82, 2.24) is 4.98 Å². The maximum atomic E-state index is 5.43. The van der Waals surface area contributed by atoms with Gasteiger partial charge >= 0.3 is 0 Å². The largest absolute Gasteiger partial charge is 0.475 e. The van der Waals surface area contributed by atoms with Crippen molar-refractivity contribution in [2.75, 3.05) is 0 Å². The van der Waals surface area contributed by atoms with Crippen molar-refractivity contribution in [2.24, 2.45) is 0 Å². The lowest BCUT2D eigenvalue weighted by Crippen LogP contribution is -2.10. The van der Waals surface area contributed by atoms with Crippen molar-refractivity contribution in [1.29, 1.82) is 0 Å². The van der Waals surface area contributed by atoms with E-state index in [-0.39, 0.29) is 12.2 Å². The molecule has 14 heavy (non-hydrogen) atoms. The predicted molar refractivity (Wildman–Crippen MR) is 54.6 cm³/mol. The van der Waals surface area contributed by atoms with Gasteiger partial charge in [0.05, 0.1) is 12.2 Å². The number of pyridine rings is 1. The lowest BCUT2D eigenvalue weighted by Gasteiger charge is -2.11. The van der Waals surface area contributed by atoms with E-state index < -0.39 is 0 Å². The van der Waals surface area contributed by atoms with E-state index in [0.717, 1.165) is 0 Å². The van der Waals surface area contributed by atoms with E-state index in [4.69, 9.17) is 9.47 Å². The predicted octanol–water partition coefficient (Wildman–Crippen LogP) is 2.46. The van der Waals surface area contributed by atoms with Gasteiger partial charge in [-0.2, -0.15) is 4.98 Å². The first kappa shape index (κ1) is 10.8. The molecule has 0 spiro atoms. The van der Waals surface area contributed by atoms with E-state index >= 15 is 0 Å². The van der Waals surface area contributed by atoms with E-state index in [2.05, 4.69) is 11.1 Å². The highest BCUT2D eigenvalue weighted by Crippen LogP contribution is 2.14. The minimum Gasteiger partial charge on any atom is -0.475 e. The van der Waals surface area contributed by atoms with Gasteiger partial charge in [-0.25, -0.2) is 0 Å². The molecule has 0 atom stereocenters. The second kappa shape index (κ2) is 4.84. The summed E-state index contributed by atoms with van der Waals surface area (Å²) in [6.07, 6.45) is 0.227. The molecule has 1 heterocycles. The Hall–Kier alpha value is -1.25. The number of hydrogen-bond donors (Lipinski definition) is 0. The standard InChI is InChI=1S/C11H16NO2/c1-8(2)13-10-6-5-7-11(12-10)14-9(3)4/h5-6,8-9H,1-4H3. The summed E-state index contributed by atoms with van der Waals surface area (Å²) in [5.74, 6) is 1.06. The molecule has 0 N–H and O–H groups in total. The fourth-order valence-electron chi connectivity index (χ4n) is 0.945. The van der Waals surface area contributed by atoms with Gasteiger partial charge in [0, 0.05) is 12.1 Å². The van der Waals surface area contributed by atoms with Crippen LogP contribution < -0.4 is 9.47 Å². The molecule has 0 saturated carbocycles. The number of aromatic nitrogens is 1. The van der Waals surface area contributed by atoms with E-state index in [0.29, 0.717) is 11.8 Å². The number of rotatable bonds is 4. The third kappa shape index (κ3) is 3.64. The fraction of sp³-hybridized carbons (Fsp3) is 0.545. The van der Waals surface area contributed by atoms with Gasteiger partial charge in [-0.05, 0) is 33.8 Å². The molecule has 0 aliphatic rings. The van der Waals surface area contributed by atoms with Gasteiger partial charge in [-0.1, -0.05) is 0 Å². The zero-order valence-corrected chi connectivity index (χ0v) is 9.07. The van der Waals surface area contributed by atoms with E-state index in [1.165, 1.54) is 0 Å². The molecule has 1 radical (unpaired) electrons. The van der Waals surface area contributed by atoms with Crippen LogP contribution in [0, 0.1) is 6.07 Å². The van der Waals surface area contributed by atoms with Crippen LogP contribution in [-0.4, -0.2) is 17.2 Å². The number of nitrogens with zero attached hydrogens (tertiary/aromatic N) is 1. The van der Waals surface area contributed by atoms with Gasteiger partial charge in [-0.3, -0.25) is 0 Å². The first-order valence-corrected chi connectivity index (χ1v) is 4.80. The summed E-state index contributed by atoms with van der Waals surface area (Å²) in [4.78, 5) is 4.15. The third-order valence-electron chi connectivity index (χ3n) is 1.35. The molecule has 0 unspecified atom stereocenters. The van der Waals surface area contributed by atoms with Crippen molar-refractivity contribution >= 4 is 0 Å². The second-order valence-electron chi connectivity index (χ2n) is 3.57. The number of ether oxygens (including phenoxy) is 2. The van der Waals surface area contributed by atoms with Crippen molar-refractivity contribution in [3.63, 3.8) is 0 Å². The summed E-state index contributed by atoms with van der Waals surface area (Å²) in [6, 6.07) is 6.42. The maximum absolute atomic E-state index is 5.43. The molecule has 0 amide bonds. The molecule has 0 bridgehead atoms. The van der Waals surface area contributed by atoms with Crippen LogP contribution >= 0.6 is 0 Å². The van der Waals surface area contributed by atoms with Crippen molar-refractivity contribution < 1.29 is 9.47 Å². The summed E-state index contributed by atoms with van der Waals surface area (Å²) in [7, 11) is 0. The molecular weight excluding hydrogens is 178 g/mol. The van der Waals surface area contributed by atoms with Crippen molar-refractivity contribution in [2.45, 2.75) is 39.9 Å². The first-order chi connectivity index (χ1) is 6.58.